The summed E-state index contributed by atoms with van der Waals surface area (Å²) in [7, 11) is 0. The molecule has 1 fully saturated rings. The van der Waals surface area contributed by atoms with Crippen molar-refractivity contribution in [2.24, 2.45) is 0 Å². The molecule has 0 N–H and O–H groups in total. The van der Waals surface area contributed by atoms with Crippen molar-refractivity contribution in [3.63, 3.8) is 0 Å². The first kappa shape index (κ1) is 19.0. The molecule has 1 amide bonds. The van der Waals surface area contributed by atoms with Crippen molar-refractivity contribution in [2.45, 2.75) is 20.0 Å². The summed E-state index contributed by atoms with van der Waals surface area (Å²) in [6.07, 6.45) is 3.43. The van der Waals surface area contributed by atoms with Gasteiger partial charge in [-0.25, -0.2) is 9.97 Å². The standard InChI is InChI=1S/C22H25N5O2/c1-17(29-19-8-4-3-5-9-19)22(28)27-14-12-26(13-15-27)21-16-20(23-18(2)24-21)25-10-6-7-11-25/h3-11,16-17H,12-15H2,1-2H3/t17-/m1/s1. The monoisotopic (exact) mass is 391 g/mol. The first-order chi connectivity index (χ1) is 14.1. The van der Waals surface area contributed by atoms with E-state index in [0.717, 1.165) is 30.5 Å². The van der Waals surface area contributed by atoms with Crippen LogP contribution in [0.25, 0.3) is 5.82 Å². The maximum absolute atomic E-state index is 12.8. The lowest BCUT2D eigenvalue weighted by Gasteiger charge is -2.36. The number of hydrogen-bond acceptors (Lipinski definition) is 5. The third-order valence-corrected chi connectivity index (χ3v) is 5.00. The van der Waals surface area contributed by atoms with Crippen LogP contribution in [0.2, 0.25) is 0 Å². The van der Waals surface area contributed by atoms with Crippen molar-refractivity contribution in [1.29, 1.82) is 0 Å². The number of piperazine rings is 1. The molecule has 0 bridgehead atoms. The maximum Gasteiger partial charge on any atom is 0.263 e. The zero-order chi connectivity index (χ0) is 20.2. The Morgan fingerprint density at radius 1 is 0.966 bits per heavy atom. The van der Waals surface area contributed by atoms with Gasteiger partial charge in [-0.1, -0.05) is 18.2 Å². The number of hydrogen-bond donors (Lipinski definition) is 0. The topological polar surface area (TPSA) is 63.5 Å². The Labute approximate surface area is 170 Å². The number of nitrogens with zero attached hydrogens (tertiary/aromatic N) is 5. The normalized spacial score (nSPS) is 15.2. The fraction of sp³-hybridized carbons (Fsp3) is 0.318. The van der Waals surface area contributed by atoms with Gasteiger partial charge in [0.2, 0.25) is 0 Å². The molecule has 3 aromatic rings. The van der Waals surface area contributed by atoms with Crippen LogP contribution in [-0.4, -0.2) is 57.6 Å². The summed E-state index contributed by atoms with van der Waals surface area (Å²) in [5.74, 6) is 3.19. The number of anilines is 1. The molecule has 0 radical (unpaired) electrons. The third kappa shape index (κ3) is 4.39. The molecular formula is C22H25N5O2. The van der Waals surface area contributed by atoms with Crippen LogP contribution in [0.4, 0.5) is 5.82 Å². The van der Waals surface area contributed by atoms with Gasteiger partial charge in [0, 0.05) is 44.6 Å². The quantitative estimate of drug-likeness (QED) is 0.669. The van der Waals surface area contributed by atoms with Gasteiger partial charge in [-0.15, -0.1) is 0 Å². The van der Waals surface area contributed by atoms with Gasteiger partial charge in [-0.05, 0) is 38.1 Å². The average molecular weight is 391 g/mol. The van der Waals surface area contributed by atoms with Crippen molar-refractivity contribution in [3.8, 4) is 11.6 Å². The van der Waals surface area contributed by atoms with E-state index in [1.807, 2.05) is 77.3 Å². The maximum atomic E-state index is 12.8. The molecular weight excluding hydrogens is 366 g/mol. The first-order valence-electron chi connectivity index (χ1n) is 9.84. The number of benzene rings is 1. The minimum Gasteiger partial charge on any atom is -0.481 e. The lowest BCUT2D eigenvalue weighted by atomic mass is 10.2. The Balaban J connectivity index is 1.39. The molecule has 0 spiro atoms. The fourth-order valence-electron chi connectivity index (χ4n) is 3.48. The largest absolute Gasteiger partial charge is 0.481 e. The Morgan fingerprint density at radius 2 is 1.62 bits per heavy atom. The molecule has 0 saturated carbocycles. The lowest BCUT2D eigenvalue weighted by molar-refractivity contribution is -0.138. The second-order valence-corrected chi connectivity index (χ2v) is 7.11. The van der Waals surface area contributed by atoms with Gasteiger partial charge < -0.3 is 19.1 Å². The number of para-hydroxylation sites is 1. The number of carbonyl (C=O) groups is 1. The number of aryl methyl sites for hydroxylation is 1. The summed E-state index contributed by atoms with van der Waals surface area (Å²) < 4.78 is 7.76. The molecule has 1 atom stereocenters. The van der Waals surface area contributed by atoms with E-state index >= 15 is 0 Å². The van der Waals surface area contributed by atoms with Gasteiger partial charge >= 0.3 is 0 Å². The molecule has 150 valence electrons. The van der Waals surface area contributed by atoms with Crippen molar-refractivity contribution < 1.29 is 9.53 Å². The van der Waals surface area contributed by atoms with E-state index in [-0.39, 0.29) is 5.91 Å². The molecule has 1 aromatic carbocycles. The number of carbonyl (C=O) groups excluding carboxylic acids is 1. The van der Waals surface area contributed by atoms with Crippen LogP contribution in [0.5, 0.6) is 5.75 Å². The predicted octanol–water partition coefficient (Wildman–Crippen LogP) is 2.69. The number of ether oxygens (including phenoxy) is 1. The van der Waals surface area contributed by atoms with E-state index in [0.29, 0.717) is 18.8 Å². The Bertz CT molecular complexity index is 951. The first-order valence-corrected chi connectivity index (χ1v) is 9.84. The average Bonchev–Trinajstić information content (AvgIpc) is 3.29. The fourth-order valence-corrected chi connectivity index (χ4v) is 3.48. The van der Waals surface area contributed by atoms with E-state index in [4.69, 9.17) is 4.74 Å². The molecule has 1 saturated heterocycles. The predicted molar refractivity (Wildman–Crippen MR) is 111 cm³/mol. The van der Waals surface area contributed by atoms with Crippen molar-refractivity contribution in [1.82, 2.24) is 19.4 Å². The smallest absolute Gasteiger partial charge is 0.263 e. The molecule has 0 unspecified atom stereocenters. The third-order valence-electron chi connectivity index (χ3n) is 5.00. The summed E-state index contributed by atoms with van der Waals surface area (Å²) in [6.45, 7) is 6.45. The van der Waals surface area contributed by atoms with Crippen LogP contribution in [0.3, 0.4) is 0 Å². The van der Waals surface area contributed by atoms with Gasteiger partial charge in [0.05, 0.1) is 0 Å². The minimum absolute atomic E-state index is 0.0143. The van der Waals surface area contributed by atoms with Crippen LogP contribution in [0.1, 0.15) is 12.7 Å². The van der Waals surface area contributed by atoms with Crippen molar-refractivity contribution in [2.75, 3.05) is 31.1 Å². The number of amides is 1. The summed E-state index contributed by atoms with van der Waals surface area (Å²) in [5.41, 5.74) is 0. The van der Waals surface area contributed by atoms with E-state index < -0.39 is 6.10 Å². The van der Waals surface area contributed by atoms with Gasteiger partial charge in [-0.2, -0.15) is 0 Å². The highest BCUT2D eigenvalue weighted by Crippen LogP contribution is 2.19. The minimum atomic E-state index is -0.509. The summed E-state index contributed by atoms with van der Waals surface area (Å²) in [6, 6.07) is 15.4. The lowest BCUT2D eigenvalue weighted by Crippen LogP contribution is -2.52. The molecule has 3 heterocycles. The zero-order valence-corrected chi connectivity index (χ0v) is 16.7. The molecule has 7 nitrogen and oxygen atoms in total. The SMILES string of the molecule is Cc1nc(N2CCN(C(=O)[C@@H](C)Oc3ccccc3)CC2)cc(-n2cccc2)n1. The highest BCUT2D eigenvalue weighted by molar-refractivity contribution is 5.81. The molecule has 7 heteroatoms. The second-order valence-electron chi connectivity index (χ2n) is 7.11. The van der Waals surface area contributed by atoms with E-state index in [1.165, 1.54) is 0 Å². The summed E-state index contributed by atoms with van der Waals surface area (Å²) in [5, 5.41) is 0. The summed E-state index contributed by atoms with van der Waals surface area (Å²) in [4.78, 5) is 26.0. The summed E-state index contributed by atoms with van der Waals surface area (Å²) >= 11 is 0. The Morgan fingerprint density at radius 3 is 2.31 bits per heavy atom. The van der Waals surface area contributed by atoms with Crippen LogP contribution in [-0.2, 0) is 4.79 Å². The van der Waals surface area contributed by atoms with E-state index in [9.17, 15) is 4.79 Å². The molecule has 4 rings (SSSR count). The van der Waals surface area contributed by atoms with Gasteiger partial charge in [0.15, 0.2) is 6.10 Å². The van der Waals surface area contributed by atoms with Crippen LogP contribution < -0.4 is 9.64 Å². The van der Waals surface area contributed by atoms with Crippen LogP contribution >= 0.6 is 0 Å². The molecule has 1 aliphatic heterocycles. The van der Waals surface area contributed by atoms with Gasteiger partial charge in [-0.3, -0.25) is 4.79 Å². The van der Waals surface area contributed by atoms with Crippen LogP contribution in [0.15, 0.2) is 60.9 Å². The molecule has 2 aromatic heterocycles. The van der Waals surface area contributed by atoms with Crippen LogP contribution in [0, 0.1) is 6.92 Å². The highest BCUT2D eigenvalue weighted by Gasteiger charge is 2.27. The van der Waals surface area contributed by atoms with Gasteiger partial charge in [0.1, 0.15) is 23.2 Å². The van der Waals surface area contributed by atoms with E-state index in [1.54, 1.807) is 6.92 Å². The van der Waals surface area contributed by atoms with E-state index in [2.05, 4.69) is 14.9 Å². The Kier molecular flexibility index (Phi) is 5.46. The Hall–Kier alpha value is -3.35. The van der Waals surface area contributed by atoms with Crippen molar-refractivity contribution >= 4 is 11.7 Å². The number of rotatable bonds is 5. The molecule has 29 heavy (non-hydrogen) atoms. The highest BCUT2D eigenvalue weighted by atomic mass is 16.5. The molecule has 1 aliphatic rings. The van der Waals surface area contributed by atoms with Crippen molar-refractivity contribution in [3.05, 3.63) is 66.7 Å². The number of aromatic nitrogens is 3. The second kappa shape index (κ2) is 8.34. The van der Waals surface area contributed by atoms with Gasteiger partial charge in [0.25, 0.3) is 5.91 Å². The zero-order valence-electron chi connectivity index (χ0n) is 16.7. The molecule has 0 aliphatic carbocycles.